The average molecular weight is 215 g/mol. The number of methoxy groups -OCH3 is 1. The smallest absolute Gasteiger partial charge is 0.0618 e. The van der Waals surface area contributed by atoms with Crippen molar-refractivity contribution in [2.45, 2.75) is 65.5 Å². The van der Waals surface area contributed by atoms with Gasteiger partial charge in [0.1, 0.15) is 0 Å². The standard InChI is InChI=1S/C13H29NO/c1-6-8-12(9-7-2)14-13(10-15-5)11(3)4/h11-14H,6-10H2,1-5H3. The lowest BCUT2D eigenvalue weighted by atomic mass is 10.0. The molecule has 0 saturated carbocycles. The van der Waals surface area contributed by atoms with Crippen LogP contribution in [0.4, 0.5) is 0 Å². The van der Waals surface area contributed by atoms with E-state index in [2.05, 4.69) is 33.0 Å². The summed E-state index contributed by atoms with van der Waals surface area (Å²) in [6, 6.07) is 1.17. The minimum atomic E-state index is 0.498. The van der Waals surface area contributed by atoms with E-state index < -0.39 is 0 Å². The van der Waals surface area contributed by atoms with Crippen molar-refractivity contribution in [1.29, 1.82) is 0 Å². The van der Waals surface area contributed by atoms with Gasteiger partial charge in [0.2, 0.25) is 0 Å². The van der Waals surface area contributed by atoms with Crippen LogP contribution in [0.15, 0.2) is 0 Å². The van der Waals surface area contributed by atoms with E-state index in [9.17, 15) is 0 Å². The molecule has 0 aliphatic heterocycles. The van der Waals surface area contributed by atoms with E-state index in [1.807, 2.05) is 0 Å². The van der Waals surface area contributed by atoms with Gasteiger partial charge in [-0.1, -0.05) is 40.5 Å². The zero-order chi connectivity index (χ0) is 11.7. The lowest BCUT2D eigenvalue weighted by molar-refractivity contribution is 0.138. The minimum Gasteiger partial charge on any atom is -0.383 e. The van der Waals surface area contributed by atoms with Crippen molar-refractivity contribution in [1.82, 2.24) is 5.32 Å². The van der Waals surface area contributed by atoms with E-state index in [1.165, 1.54) is 25.7 Å². The molecule has 0 bridgehead atoms. The number of nitrogens with one attached hydrogen (secondary N) is 1. The molecular formula is C13H29NO. The van der Waals surface area contributed by atoms with Gasteiger partial charge < -0.3 is 10.1 Å². The second-order valence-electron chi connectivity index (χ2n) is 4.75. The highest BCUT2D eigenvalue weighted by Crippen LogP contribution is 2.09. The molecule has 0 fully saturated rings. The summed E-state index contributed by atoms with van der Waals surface area (Å²) in [6.07, 6.45) is 5.08. The molecule has 1 unspecified atom stereocenters. The Morgan fingerprint density at radius 3 is 1.93 bits per heavy atom. The molecule has 0 spiro atoms. The van der Waals surface area contributed by atoms with Gasteiger partial charge in [-0.05, 0) is 18.8 Å². The van der Waals surface area contributed by atoms with Gasteiger partial charge in [0.15, 0.2) is 0 Å². The molecule has 0 aliphatic rings. The fourth-order valence-electron chi connectivity index (χ4n) is 1.92. The van der Waals surface area contributed by atoms with Crippen LogP contribution < -0.4 is 5.32 Å². The highest BCUT2D eigenvalue weighted by molar-refractivity contribution is 4.76. The number of hydrogen-bond donors (Lipinski definition) is 1. The van der Waals surface area contributed by atoms with Crippen molar-refractivity contribution >= 4 is 0 Å². The summed E-state index contributed by atoms with van der Waals surface area (Å²) >= 11 is 0. The Bertz CT molecular complexity index is 130. The first kappa shape index (κ1) is 14.9. The Balaban J connectivity index is 4.06. The van der Waals surface area contributed by atoms with Gasteiger partial charge in [-0.2, -0.15) is 0 Å². The average Bonchev–Trinajstić information content (AvgIpc) is 2.17. The van der Waals surface area contributed by atoms with E-state index in [1.54, 1.807) is 7.11 Å². The molecule has 1 atom stereocenters. The maximum atomic E-state index is 5.26. The van der Waals surface area contributed by atoms with E-state index in [-0.39, 0.29) is 0 Å². The first-order valence-corrected chi connectivity index (χ1v) is 6.40. The predicted molar refractivity (Wildman–Crippen MR) is 67.2 cm³/mol. The van der Waals surface area contributed by atoms with Gasteiger partial charge in [-0.25, -0.2) is 0 Å². The maximum Gasteiger partial charge on any atom is 0.0618 e. The van der Waals surface area contributed by atoms with Crippen LogP contribution in [0.25, 0.3) is 0 Å². The van der Waals surface area contributed by atoms with E-state index in [0.717, 1.165) is 6.61 Å². The molecule has 2 heteroatoms. The molecule has 0 amide bonds. The third-order valence-corrected chi connectivity index (χ3v) is 2.88. The highest BCUT2D eigenvalue weighted by Gasteiger charge is 2.16. The Labute approximate surface area is 95.8 Å². The van der Waals surface area contributed by atoms with Crippen molar-refractivity contribution in [3.63, 3.8) is 0 Å². The monoisotopic (exact) mass is 215 g/mol. The normalized spacial score (nSPS) is 13.8. The van der Waals surface area contributed by atoms with E-state index >= 15 is 0 Å². The molecule has 0 radical (unpaired) electrons. The topological polar surface area (TPSA) is 21.3 Å². The summed E-state index contributed by atoms with van der Waals surface area (Å²) in [5.41, 5.74) is 0. The van der Waals surface area contributed by atoms with Crippen LogP contribution in [0.2, 0.25) is 0 Å². The zero-order valence-electron chi connectivity index (χ0n) is 11.2. The molecular weight excluding hydrogens is 186 g/mol. The molecule has 0 aromatic rings. The Hall–Kier alpha value is -0.0800. The third-order valence-electron chi connectivity index (χ3n) is 2.88. The second kappa shape index (κ2) is 9.17. The summed E-state index contributed by atoms with van der Waals surface area (Å²) in [4.78, 5) is 0. The van der Waals surface area contributed by atoms with Gasteiger partial charge >= 0.3 is 0 Å². The fraction of sp³-hybridized carbons (Fsp3) is 1.00. The zero-order valence-corrected chi connectivity index (χ0v) is 11.2. The SMILES string of the molecule is CCCC(CCC)NC(COC)C(C)C. The summed E-state index contributed by atoms with van der Waals surface area (Å²) in [7, 11) is 1.78. The van der Waals surface area contributed by atoms with Crippen LogP contribution >= 0.6 is 0 Å². The first-order chi connectivity index (χ1) is 7.15. The van der Waals surface area contributed by atoms with Gasteiger partial charge in [0.25, 0.3) is 0 Å². The number of ether oxygens (including phenoxy) is 1. The van der Waals surface area contributed by atoms with Crippen LogP contribution in [-0.2, 0) is 4.74 Å². The minimum absolute atomic E-state index is 0.498. The van der Waals surface area contributed by atoms with Crippen LogP contribution in [0.3, 0.4) is 0 Å². The fourth-order valence-corrected chi connectivity index (χ4v) is 1.92. The lowest BCUT2D eigenvalue weighted by Gasteiger charge is -2.27. The van der Waals surface area contributed by atoms with E-state index in [0.29, 0.717) is 18.0 Å². The molecule has 0 rings (SSSR count). The summed E-state index contributed by atoms with van der Waals surface area (Å²) < 4.78 is 5.26. The van der Waals surface area contributed by atoms with Gasteiger partial charge in [-0.3, -0.25) is 0 Å². The number of hydrogen-bond acceptors (Lipinski definition) is 2. The van der Waals surface area contributed by atoms with Crippen LogP contribution in [0.5, 0.6) is 0 Å². The molecule has 0 aliphatic carbocycles. The quantitative estimate of drug-likeness (QED) is 0.637. The van der Waals surface area contributed by atoms with Gasteiger partial charge in [0.05, 0.1) is 6.61 Å². The van der Waals surface area contributed by atoms with E-state index in [4.69, 9.17) is 4.74 Å². The molecule has 92 valence electrons. The van der Waals surface area contributed by atoms with Crippen molar-refractivity contribution in [3.8, 4) is 0 Å². The van der Waals surface area contributed by atoms with Crippen molar-refractivity contribution in [3.05, 3.63) is 0 Å². The molecule has 15 heavy (non-hydrogen) atoms. The lowest BCUT2D eigenvalue weighted by Crippen LogP contribution is -2.44. The van der Waals surface area contributed by atoms with Gasteiger partial charge in [-0.15, -0.1) is 0 Å². The molecule has 2 nitrogen and oxygen atoms in total. The van der Waals surface area contributed by atoms with Crippen molar-refractivity contribution in [2.75, 3.05) is 13.7 Å². The van der Waals surface area contributed by atoms with Crippen molar-refractivity contribution in [2.24, 2.45) is 5.92 Å². The van der Waals surface area contributed by atoms with Crippen LogP contribution in [-0.4, -0.2) is 25.8 Å². The first-order valence-electron chi connectivity index (χ1n) is 6.40. The highest BCUT2D eigenvalue weighted by atomic mass is 16.5. The molecule has 0 aromatic carbocycles. The summed E-state index contributed by atoms with van der Waals surface area (Å²) in [6.45, 7) is 9.84. The predicted octanol–water partition coefficient (Wildman–Crippen LogP) is 3.22. The molecule has 0 aromatic heterocycles. The molecule has 0 saturated heterocycles. The largest absolute Gasteiger partial charge is 0.383 e. The summed E-state index contributed by atoms with van der Waals surface area (Å²) in [5, 5.41) is 3.73. The Morgan fingerprint density at radius 2 is 1.60 bits per heavy atom. The Morgan fingerprint density at radius 1 is 1.07 bits per heavy atom. The number of rotatable bonds is 9. The molecule has 0 heterocycles. The van der Waals surface area contributed by atoms with Crippen LogP contribution in [0, 0.1) is 5.92 Å². The maximum absolute atomic E-state index is 5.26. The Kier molecular flexibility index (Phi) is 9.12. The van der Waals surface area contributed by atoms with Crippen molar-refractivity contribution < 1.29 is 4.74 Å². The second-order valence-corrected chi connectivity index (χ2v) is 4.75. The molecule has 1 N–H and O–H groups in total. The van der Waals surface area contributed by atoms with Crippen LogP contribution in [0.1, 0.15) is 53.4 Å². The van der Waals surface area contributed by atoms with Gasteiger partial charge in [0, 0.05) is 19.2 Å². The third kappa shape index (κ3) is 6.91. The summed E-state index contributed by atoms with van der Waals surface area (Å²) in [5.74, 6) is 0.640.